The third-order valence-corrected chi connectivity index (χ3v) is 5.18. The number of carbonyl (C=O) groups excluding carboxylic acids is 1. The van der Waals surface area contributed by atoms with Gasteiger partial charge in [-0.1, -0.05) is 59.9 Å². The van der Waals surface area contributed by atoms with Gasteiger partial charge in [0.25, 0.3) is 0 Å². The van der Waals surface area contributed by atoms with Crippen molar-refractivity contribution in [2.45, 2.75) is 9.79 Å². The molecule has 0 bridgehead atoms. The first kappa shape index (κ1) is 20.2. The van der Waals surface area contributed by atoms with E-state index >= 15 is 0 Å². The molecule has 26 heavy (non-hydrogen) atoms. The van der Waals surface area contributed by atoms with Gasteiger partial charge < -0.3 is 9.80 Å². The quantitative estimate of drug-likeness (QED) is 0.474. The van der Waals surface area contributed by atoms with Crippen LogP contribution in [0.2, 0.25) is 0 Å². The van der Waals surface area contributed by atoms with Gasteiger partial charge in [-0.2, -0.15) is 0 Å². The zero-order chi connectivity index (χ0) is 18.9. The van der Waals surface area contributed by atoms with Gasteiger partial charge in [0.2, 0.25) is 5.78 Å². The third-order valence-electron chi connectivity index (χ3n) is 3.14. The summed E-state index contributed by atoms with van der Waals surface area (Å²) < 4.78 is 0. The van der Waals surface area contributed by atoms with Crippen molar-refractivity contribution in [3.63, 3.8) is 0 Å². The lowest BCUT2D eigenvalue weighted by Gasteiger charge is -2.15. The van der Waals surface area contributed by atoms with Gasteiger partial charge in [-0.15, -0.1) is 0 Å². The van der Waals surface area contributed by atoms with Crippen molar-refractivity contribution in [3.05, 3.63) is 82.9 Å². The largest absolute Gasteiger partial charge is 0.382 e. The van der Waals surface area contributed by atoms with Crippen LogP contribution in [0.15, 0.2) is 92.7 Å². The molecule has 0 saturated carbocycles. The Kier molecular flexibility index (Phi) is 7.88. The number of benzene rings is 2. The molecule has 0 aliphatic carbocycles. The van der Waals surface area contributed by atoms with Crippen molar-refractivity contribution >= 4 is 29.3 Å². The lowest BCUT2D eigenvalue weighted by atomic mass is 10.3. The van der Waals surface area contributed by atoms with Crippen LogP contribution in [0.5, 0.6) is 0 Å². The van der Waals surface area contributed by atoms with Crippen molar-refractivity contribution < 1.29 is 4.79 Å². The number of ketones is 1. The average molecular weight is 385 g/mol. The van der Waals surface area contributed by atoms with Crippen molar-refractivity contribution in [3.8, 4) is 0 Å². The Hall–Kier alpha value is -2.11. The predicted molar refractivity (Wildman–Crippen MR) is 113 cm³/mol. The van der Waals surface area contributed by atoms with Crippen molar-refractivity contribution in [2.24, 2.45) is 0 Å². The summed E-state index contributed by atoms with van der Waals surface area (Å²) in [5.41, 5.74) is 0. The van der Waals surface area contributed by atoms with E-state index < -0.39 is 0 Å². The van der Waals surface area contributed by atoms with E-state index in [1.165, 1.54) is 23.5 Å². The molecular formula is C21H24N2OS2. The molecule has 3 nitrogen and oxygen atoms in total. The SMILES string of the molecule is CN(C)C=C(Sc1ccccc1)C(=O)C(=CN(C)C)Sc1ccccc1. The van der Waals surface area contributed by atoms with Gasteiger partial charge in [0.1, 0.15) is 0 Å². The first-order chi connectivity index (χ1) is 12.5. The molecule has 0 spiro atoms. The van der Waals surface area contributed by atoms with Crippen LogP contribution in [-0.2, 0) is 4.79 Å². The van der Waals surface area contributed by atoms with Crippen LogP contribution in [0.4, 0.5) is 0 Å². The lowest BCUT2D eigenvalue weighted by molar-refractivity contribution is -0.111. The van der Waals surface area contributed by atoms with E-state index in [0.29, 0.717) is 9.81 Å². The summed E-state index contributed by atoms with van der Waals surface area (Å²) in [4.78, 5) is 20.6. The molecule has 0 saturated heterocycles. The number of carbonyl (C=O) groups is 1. The highest BCUT2D eigenvalue weighted by atomic mass is 32.2. The first-order valence-electron chi connectivity index (χ1n) is 8.22. The minimum Gasteiger partial charge on any atom is -0.382 e. The molecule has 0 N–H and O–H groups in total. The maximum atomic E-state index is 13.3. The van der Waals surface area contributed by atoms with Crippen molar-refractivity contribution in [1.29, 1.82) is 0 Å². The Morgan fingerprint density at radius 1 is 0.692 bits per heavy atom. The fourth-order valence-electron chi connectivity index (χ4n) is 2.08. The van der Waals surface area contributed by atoms with E-state index in [2.05, 4.69) is 0 Å². The maximum absolute atomic E-state index is 13.3. The fourth-order valence-corrected chi connectivity index (χ4v) is 4.18. The molecule has 0 aromatic heterocycles. The van der Waals surface area contributed by atoms with Gasteiger partial charge >= 0.3 is 0 Å². The molecular weight excluding hydrogens is 360 g/mol. The van der Waals surface area contributed by atoms with Gasteiger partial charge in [-0.05, 0) is 24.3 Å². The summed E-state index contributed by atoms with van der Waals surface area (Å²) >= 11 is 2.98. The number of allylic oxidation sites excluding steroid dienone is 2. The van der Waals surface area contributed by atoms with Crippen LogP contribution in [0.3, 0.4) is 0 Å². The van der Waals surface area contributed by atoms with Crippen LogP contribution in [-0.4, -0.2) is 43.8 Å². The Morgan fingerprint density at radius 2 is 1.04 bits per heavy atom. The standard InChI is InChI=1S/C21H24N2OS2/c1-22(2)15-19(25-17-11-7-5-8-12-17)21(24)20(16-23(3)4)26-18-13-9-6-10-14-18/h5-16H,1-4H3. The molecule has 136 valence electrons. The van der Waals surface area contributed by atoms with E-state index in [1.54, 1.807) is 0 Å². The van der Waals surface area contributed by atoms with Gasteiger partial charge in [0.05, 0.1) is 9.81 Å². The third kappa shape index (κ3) is 6.65. The lowest BCUT2D eigenvalue weighted by Crippen LogP contribution is -2.11. The molecule has 0 fully saturated rings. The smallest absolute Gasteiger partial charge is 0.209 e. The molecule has 0 atom stereocenters. The summed E-state index contributed by atoms with van der Waals surface area (Å²) in [6.07, 6.45) is 3.77. The minimum atomic E-state index is 0.0232. The molecule has 0 unspecified atom stereocenters. The van der Waals surface area contributed by atoms with Gasteiger partial charge in [-0.25, -0.2) is 0 Å². The Balaban J connectivity index is 2.32. The maximum Gasteiger partial charge on any atom is 0.209 e. The summed E-state index contributed by atoms with van der Waals surface area (Å²) in [5.74, 6) is 0.0232. The van der Waals surface area contributed by atoms with Gasteiger partial charge in [-0.3, -0.25) is 4.79 Å². The summed E-state index contributed by atoms with van der Waals surface area (Å²) in [5, 5.41) is 0. The zero-order valence-corrected chi connectivity index (χ0v) is 17.2. The molecule has 0 heterocycles. The summed E-state index contributed by atoms with van der Waals surface area (Å²) in [7, 11) is 7.72. The number of Topliss-reactive ketones (excluding diaryl/α,β-unsaturated/α-hetero) is 1. The number of rotatable bonds is 8. The predicted octanol–water partition coefficient (Wildman–Crippen LogP) is 4.95. The van der Waals surface area contributed by atoms with E-state index in [9.17, 15) is 4.79 Å². The van der Waals surface area contributed by atoms with Crippen LogP contribution in [0, 0.1) is 0 Å². The normalized spacial score (nSPS) is 12.0. The highest BCUT2D eigenvalue weighted by Gasteiger charge is 2.19. The summed E-state index contributed by atoms with van der Waals surface area (Å²) in [6.45, 7) is 0. The first-order valence-corrected chi connectivity index (χ1v) is 9.86. The average Bonchev–Trinajstić information content (AvgIpc) is 2.61. The Bertz CT molecular complexity index is 704. The number of nitrogens with zero attached hydrogens (tertiary/aromatic N) is 2. The van der Waals surface area contributed by atoms with E-state index in [1.807, 2.05) is 111 Å². The molecule has 0 aliphatic heterocycles. The van der Waals surface area contributed by atoms with E-state index in [0.717, 1.165) is 9.79 Å². The van der Waals surface area contributed by atoms with E-state index in [-0.39, 0.29) is 5.78 Å². The second-order valence-corrected chi connectivity index (χ2v) is 8.30. The van der Waals surface area contributed by atoms with E-state index in [4.69, 9.17) is 0 Å². The Morgan fingerprint density at radius 3 is 1.35 bits per heavy atom. The van der Waals surface area contributed by atoms with Crippen molar-refractivity contribution in [1.82, 2.24) is 9.80 Å². The van der Waals surface area contributed by atoms with Crippen molar-refractivity contribution in [2.75, 3.05) is 28.2 Å². The monoisotopic (exact) mass is 384 g/mol. The van der Waals surface area contributed by atoms with Gasteiger partial charge in [0.15, 0.2) is 0 Å². The Labute approximate surface area is 164 Å². The molecule has 2 rings (SSSR count). The number of thioether (sulfide) groups is 2. The van der Waals surface area contributed by atoms with Gasteiger partial charge in [0, 0.05) is 50.4 Å². The fraction of sp³-hybridized carbons (Fsp3) is 0.190. The highest BCUT2D eigenvalue weighted by molar-refractivity contribution is 8.06. The molecule has 0 radical (unpaired) electrons. The second kappa shape index (κ2) is 10.1. The zero-order valence-electron chi connectivity index (χ0n) is 15.5. The summed E-state index contributed by atoms with van der Waals surface area (Å²) in [6, 6.07) is 19.9. The molecule has 5 heteroatoms. The van der Waals surface area contributed by atoms with Crippen LogP contribution in [0.1, 0.15) is 0 Å². The molecule has 2 aromatic rings. The van der Waals surface area contributed by atoms with Crippen LogP contribution < -0.4 is 0 Å². The highest BCUT2D eigenvalue weighted by Crippen LogP contribution is 2.35. The van der Waals surface area contributed by atoms with Crippen LogP contribution >= 0.6 is 23.5 Å². The number of hydrogen-bond acceptors (Lipinski definition) is 5. The molecule has 2 aromatic carbocycles. The molecule has 0 aliphatic rings. The second-order valence-electron chi connectivity index (χ2n) is 6.07. The van der Waals surface area contributed by atoms with Crippen LogP contribution in [0.25, 0.3) is 0 Å². The topological polar surface area (TPSA) is 23.6 Å². The number of hydrogen-bond donors (Lipinski definition) is 0. The minimum absolute atomic E-state index is 0.0232. The molecule has 0 amide bonds.